The molecule has 3 N–H and O–H groups in total. The lowest BCUT2D eigenvalue weighted by Crippen LogP contribution is -2.28. The molecule has 0 aliphatic rings. The summed E-state index contributed by atoms with van der Waals surface area (Å²) >= 11 is 0. The van der Waals surface area contributed by atoms with E-state index in [9.17, 15) is 4.79 Å². The van der Waals surface area contributed by atoms with Crippen LogP contribution in [0.4, 0.5) is 0 Å². The summed E-state index contributed by atoms with van der Waals surface area (Å²) in [6.45, 7) is 8.88. The summed E-state index contributed by atoms with van der Waals surface area (Å²) in [6, 6.07) is 1.91. The Kier molecular flexibility index (Phi) is 7.43. The lowest BCUT2D eigenvalue weighted by Gasteiger charge is -2.30. The molecule has 0 saturated heterocycles. The highest BCUT2D eigenvalue weighted by atomic mass is 16.1. The fourth-order valence-electron chi connectivity index (χ4n) is 2.51. The molecule has 0 bridgehead atoms. The van der Waals surface area contributed by atoms with E-state index in [1.54, 1.807) is 6.20 Å². The van der Waals surface area contributed by atoms with Crippen LogP contribution in [-0.4, -0.2) is 28.8 Å². The van der Waals surface area contributed by atoms with Crippen LogP contribution in [0, 0.1) is 11.3 Å². The van der Waals surface area contributed by atoms with Crippen LogP contribution >= 0.6 is 0 Å². The van der Waals surface area contributed by atoms with E-state index in [1.165, 1.54) is 0 Å². The highest BCUT2D eigenvalue weighted by molar-refractivity contribution is 5.75. The average molecular weight is 294 g/mol. The second-order valence-electron chi connectivity index (χ2n) is 6.65. The van der Waals surface area contributed by atoms with Gasteiger partial charge in [-0.25, -0.2) is 0 Å². The summed E-state index contributed by atoms with van der Waals surface area (Å²) < 4.78 is 1.88. The van der Waals surface area contributed by atoms with E-state index < -0.39 is 0 Å². The first-order valence-electron chi connectivity index (χ1n) is 7.87. The van der Waals surface area contributed by atoms with Crippen molar-refractivity contribution in [1.29, 1.82) is 0 Å². The zero-order chi connectivity index (χ0) is 15.7. The third-order valence-electron chi connectivity index (χ3n) is 3.91. The Morgan fingerprint density at radius 2 is 2.14 bits per heavy atom. The molecule has 0 spiro atoms. The lowest BCUT2D eigenvalue weighted by atomic mass is 9.76. The zero-order valence-corrected chi connectivity index (χ0v) is 13.6. The fourth-order valence-corrected chi connectivity index (χ4v) is 2.51. The van der Waals surface area contributed by atoms with Gasteiger partial charge >= 0.3 is 0 Å². The quantitative estimate of drug-likeness (QED) is 0.686. The van der Waals surface area contributed by atoms with Gasteiger partial charge in [-0.2, -0.15) is 5.10 Å². The van der Waals surface area contributed by atoms with Crippen LogP contribution in [0.25, 0.3) is 0 Å². The second-order valence-corrected chi connectivity index (χ2v) is 6.65. The number of carbonyl (C=O) groups excluding carboxylic acids is 1. The van der Waals surface area contributed by atoms with E-state index in [1.807, 2.05) is 16.9 Å². The highest BCUT2D eigenvalue weighted by Crippen LogP contribution is 2.31. The molecule has 1 amide bonds. The van der Waals surface area contributed by atoms with Crippen molar-refractivity contribution in [2.45, 2.75) is 53.0 Å². The van der Waals surface area contributed by atoms with Crippen molar-refractivity contribution in [3.05, 3.63) is 18.5 Å². The molecule has 0 fully saturated rings. The monoisotopic (exact) mass is 294 g/mol. The molecule has 1 heterocycles. The SMILES string of the molecule is CC(C)(C)C(CCN)CCC(=O)NCCCn1cccn1. The minimum atomic E-state index is 0.140. The minimum Gasteiger partial charge on any atom is -0.356 e. The number of hydrogen-bond acceptors (Lipinski definition) is 3. The molecule has 5 heteroatoms. The molecular formula is C16H30N4O. The molecule has 0 aliphatic carbocycles. The summed E-state index contributed by atoms with van der Waals surface area (Å²) in [4.78, 5) is 11.9. The second kappa shape index (κ2) is 8.82. The van der Waals surface area contributed by atoms with Gasteiger partial charge in [0.05, 0.1) is 0 Å². The lowest BCUT2D eigenvalue weighted by molar-refractivity contribution is -0.121. The van der Waals surface area contributed by atoms with Crippen molar-refractivity contribution >= 4 is 5.91 Å². The van der Waals surface area contributed by atoms with E-state index in [2.05, 4.69) is 31.2 Å². The predicted octanol–water partition coefficient (Wildman–Crippen LogP) is 2.18. The predicted molar refractivity (Wildman–Crippen MR) is 85.7 cm³/mol. The maximum atomic E-state index is 11.9. The Balaban J connectivity index is 2.17. The van der Waals surface area contributed by atoms with Crippen LogP contribution in [0.3, 0.4) is 0 Å². The third-order valence-corrected chi connectivity index (χ3v) is 3.91. The summed E-state index contributed by atoms with van der Waals surface area (Å²) in [6.07, 6.45) is 7.08. The number of aromatic nitrogens is 2. The smallest absolute Gasteiger partial charge is 0.220 e. The first-order valence-corrected chi connectivity index (χ1v) is 7.87. The molecule has 1 aromatic heterocycles. The molecule has 0 saturated carbocycles. The molecule has 1 unspecified atom stereocenters. The van der Waals surface area contributed by atoms with Crippen LogP contribution in [-0.2, 0) is 11.3 Å². The van der Waals surface area contributed by atoms with Crippen LogP contribution in [0.2, 0.25) is 0 Å². The van der Waals surface area contributed by atoms with Crippen molar-refractivity contribution in [3.63, 3.8) is 0 Å². The maximum Gasteiger partial charge on any atom is 0.220 e. The topological polar surface area (TPSA) is 72.9 Å². The number of nitrogens with one attached hydrogen (secondary N) is 1. The maximum absolute atomic E-state index is 11.9. The van der Waals surface area contributed by atoms with E-state index in [0.717, 1.165) is 25.8 Å². The van der Waals surface area contributed by atoms with Crippen LogP contribution in [0.15, 0.2) is 18.5 Å². The molecule has 21 heavy (non-hydrogen) atoms. The summed E-state index contributed by atoms with van der Waals surface area (Å²) in [5, 5.41) is 7.11. The van der Waals surface area contributed by atoms with Gasteiger partial charge in [0.1, 0.15) is 0 Å². The first kappa shape index (κ1) is 17.7. The van der Waals surface area contributed by atoms with Crippen LogP contribution in [0.1, 0.15) is 46.5 Å². The summed E-state index contributed by atoms with van der Waals surface area (Å²) in [5.74, 6) is 0.638. The standard InChI is InChI=1S/C16H30N4O/c1-16(2,3)14(8-9-17)6-7-15(21)18-10-4-12-20-13-5-11-19-20/h5,11,13-14H,4,6-10,12,17H2,1-3H3,(H,18,21). The van der Waals surface area contributed by atoms with Gasteiger partial charge in [-0.15, -0.1) is 0 Å². The van der Waals surface area contributed by atoms with Gasteiger partial charge in [-0.3, -0.25) is 9.48 Å². The highest BCUT2D eigenvalue weighted by Gasteiger charge is 2.24. The summed E-state index contributed by atoms with van der Waals surface area (Å²) in [5.41, 5.74) is 5.88. The number of nitrogens with two attached hydrogens (primary N) is 1. The molecule has 120 valence electrons. The fraction of sp³-hybridized carbons (Fsp3) is 0.750. The van der Waals surface area contributed by atoms with Crippen LogP contribution < -0.4 is 11.1 Å². The zero-order valence-electron chi connectivity index (χ0n) is 13.6. The van der Waals surface area contributed by atoms with Gasteiger partial charge < -0.3 is 11.1 Å². The van der Waals surface area contributed by atoms with Crippen LogP contribution in [0.5, 0.6) is 0 Å². The first-order chi connectivity index (χ1) is 9.93. The Hall–Kier alpha value is -1.36. The Bertz CT molecular complexity index is 395. The van der Waals surface area contributed by atoms with Crippen molar-refractivity contribution in [3.8, 4) is 0 Å². The summed E-state index contributed by atoms with van der Waals surface area (Å²) in [7, 11) is 0. The van der Waals surface area contributed by atoms with Crippen molar-refractivity contribution in [2.24, 2.45) is 17.1 Å². The van der Waals surface area contributed by atoms with Crippen molar-refractivity contribution in [2.75, 3.05) is 13.1 Å². The number of rotatable bonds is 9. The Morgan fingerprint density at radius 3 is 2.71 bits per heavy atom. The van der Waals surface area contributed by atoms with E-state index in [4.69, 9.17) is 5.73 Å². The van der Waals surface area contributed by atoms with Gasteiger partial charge in [0.25, 0.3) is 0 Å². The molecule has 0 radical (unpaired) electrons. The number of nitrogens with zero attached hydrogens (tertiary/aromatic N) is 2. The van der Waals surface area contributed by atoms with Crippen molar-refractivity contribution < 1.29 is 4.79 Å². The number of aryl methyl sites for hydroxylation is 1. The van der Waals surface area contributed by atoms with E-state index in [0.29, 0.717) is 25.4 Å². The van der Waals surface area contributed by atoms with Gasteiger partial charge in [0, 0.05) is 31.9 Å². The van der Waals surface area contributed by atoms with Gasteiger partial charge in [0.15, 0.2) is 0 Å². The normalized spacial score (nSPS) is 13.1. The van der Waals surface area contributed by atoms with E-state index >= 15 is 0 Å². The number of amides is 1. The molecule has 0 aliphatic heterocycles. The number of hydrogen-bond donors (Lipinski definition) is 2. The molecule has 5 nitrogen and oxygen atoms in total. The Morgan fingerprint density at radius 1 is 1.38 bits per heavy atom. The van der Waals surface area contributed by atoms with Gasteiger partial charge in [0.2, 0.25) is 5.91 Å². The number of carbonyl (C=O) groups is 1. The molecule has 1 atom stereocenters. The average Bonchev–Trinajstić information content (AvgIpc) is 2.91. The minimum absolute atomic E-state index is 0.140. The van der Waals surface area contributed by atoms with Crippen molar-refractivity contribution in [1.82, 2.24) is 15.1 Å². The molecule has 1 rings (SSSR count). The Labute approximate surface area is 128 Å². The molecule has 0 aromatic carbocycles. The van der Waals surface area contributed by atoms with E-state index in [-0.39, 0.29) is 11.3 Å². The molecular weight excluding hydrogens is 264 g/mol. The largest absolute Gasteiger partial charge is 0.356 e. The molecule has 1 aromatic rings. The van der Waals surface area contributed by atoms with Gasteiger partial charge in [-0.1, -0.05) is 20.8 Å². The van der Waals surface area contributed by atoms with Gasteiger partial charge in [-0.05, 0) is 43.2 Å². The third kappa shape index (κ3) is 7.27.